The molecule has 0 aliphatic heterocycles. The molecule has 7 heteroatoms. The maximum atomic E-state index is 9.83. The van der Waals surface area contributed by atoms with E-state index in [1.807, 2.05) is 30.3 Å². The van der Waals surface area contributed by atoms with E-state index in [1.54, 1.807) is 0 Å². The van der Waals surface area contributed by atoms with Gasteiger partial charge >= 0.3 is 12.3 Å². The van der Waals surface area contributed by atoms with Crippen molar-refractivity contribution in [2.75, 3.05) is 6.61 Å². The smallest absolute Gasteiger partial charge is 0.450 e. The molecule has 0 fully saturated rings. The van der Waals surface area contributed by atoms with Crippen molar-refractivity contribution in [2.45, 2.75) is 19.6 Å². The van der Waals surface area contributed by atoms with Gasteiger partial charge in [0, 0.05) is 0 Å². The van der Waals surface area contributed by atoms with Gasteiger partial charge < -0.3 is 24.8 Å². The van der Waals surface area contributed by atoms with Crippen molar-refractivity contribution in [3.8, 4) is 0 Å². The van der Waals surface area contributed by atoms with Crippen LogP contribution in [0, 0.1) is 0 Å². The second-order valence-corrected chi connectivity index (χ2v) is 3.42. The van der Waals surface area contributed by atoms with Crippen molar-refractivity contribution >= 4 is 12.3 Å². The number of rotatable bonds is 4. The third-order valence-corrected chi connectivity index (χ3v) is 1.77. The van der Waals surface area contributed by atoms with Crippen LogP contribution in [0.2, 0.25) is 0 Å². The average Bonchev–Trinajstić information content (AvgIpc) is 2.37. The molecule has 7 nitrogen and oxygen atoms in total. The van der Waals surface area contributed by atoms with Gasteiger partial charge in [-0.15, -0.1) is 0 Å². The first-order valence-corrected chi connectivity index (χ1v) is 5.35. The van der Waals surface area contributed by atoms with Crippen LogP contribution in [0.25, 0.3) is 0 Å². The molecule has 0 saturated carbocycles. The van der Waals surface area contributed by atoms with Gasteiger partial charge in [-0.05, 0) is 12.5 Å². The first kappa shape index (κ1) is 16.7. The second-order valence-electron chi connectivity index (χ2n) is 3.42. The van der Waals surface area contributed by atoms with Crippen LogP contribution < -0.4 is 0 Å². The van der Waals surface area contributed by atoms with Crippen molar-refractivity contribution < 1.29 is 34.4 Å². The zero-order chi connectivity index (χ0) is 14.7. The van der Waals surface area contributed by atoms with Crippen LogP contribution >= 0.6 is 0 Å². The van der Waals surface area contributed by atoms with Crippen molar-refractivity contribution in [3.05, 3.63) is 35.9 Å². The lowest BCUT2D eigenvalue weighted by Gasteiger charge is -2.08. The maximum absolute atomic E-state index is 9.83. The summed E-state index contributed by atoms with van der Waals surface area (Å²) in [7, 11) is 0. The van der Waals surface area contributed by atoms with Gasteiger partial charge in [0.15, 0.2) is 0 Å². The molecular formula is C12H16O7. The van der Waals surface area contributed by atoms with Crippen LogP contribution in [-0.4, -0.2) is 40.3 Å². The molecule has 19 heavy (non-hydrogen) atoms. The lowest BCUT2D eigenvalue weighted by atomic mass is 10.2. The molecule has 1 unspecified atom stereocenters. The lowest BCUT2D eigenvalue weighted by molar-refractivity contribution is 0.0122. The highest BCUT2D eigenvalue weighted by molar-refractivity contribution is 5.58. The molecule has 3 N–H and O–H groups in total. The highest BCUT2D eigenvalue weighted by Gasteiger charge is 2.09. The summed E-state index contributed by atoms with van der Waals surface area (Å²) in [4.78, 5) is 19.6. The van der Waals surface area contributed by atoms with Crippen LogP contribution in [0.3, 0.4) is 0 Å². The zero-order valence-corrected chi connectivity index (χ0v) is 10.4. The van der Waals surface area contributed by atoms with E-state index in [0.717, 1.165) is 5.56 Å². The molecule has 1 rings (SSSR count). The molecule has 0 aliphatic carbocycles. The summed E-state index contributed by atoms with van der Waals surface area (Å²) in [5, 5.41) is 24.5. The van der Waals surface area contributed by atoms with Gasteiger partial charge in [-0.2, -0.15) is 0 Å². The van der Waals surface area contributed by atoms with Gasteiger partial charge in [0.1, 0.15) is 12.7 Å². The Morgan fingerprint density at radius 2 is 1.74 bits per heavy atom. The summed E-state index contributed by atoms with van der Waals surface area (Å²) in [6.45, 7) is 1.24. The Labute approximate surface area is 110 Å². The van der Waals surface area contributed by atoms with Crippen molar-refractivity contribution in [3.63, 3.8) is 0 Å². The minimum Gasteiger partial charge on any atom is -0.450 e. The number of ether oxygens (including phenoxy) is 2. The number of carbonyl (C=O) groups is 2. The molecular weight excluding hydrogens is 256 g/mol. The van der Waals surface area contributed by atoms with Gasteiger partial charge in [-0.3, -0.25) is 0 Å². The largest absolute Gasteiger partial charge is 0.506 e. The maximum Gasteiger partial charge on any atom is 0.506 e. The Balaban J connectivity index is 0.000000356. The monoisotopic (exact) mass is 272 g/mol. The van der Waals surface area contributed by atoms with Gasteiger partial charge in [0.05, 0.1) is 6.61 Å². The Bertz CT molecular complexity index is 377. The molecule has 0 radical (unpaired) electrons. The topological polar surface area (TPSA) is 113 Å². The molecule has 0 heterocycles. The minimum absolute atomic E-state index is 0.140. The minimum atomic E-state index is -1.45. The number of hydrogen-bond donors (Lipinski definition) is 3. The molecule has 1 aromatic rings. The predicted molar refractivity (Wildman–Crippen MR) is 64.9 cm³/mol. The van der Waals surface area contributed by atoms with Crippen LogP contribution in [-0.2, 0) is 16.1 Å². The van der Waals surface area contributed by atoms with Crippen molar-refractivity contribution in [1.82, 2.24) is 0 Å². The quantitative estimate of drug-likeness (QED) is 0.717. The number of hydrogen-bond acceptors (Lipinski definition) is 5. The molecule has 1 atom stereocenters. The third-order valence-electron chi connectivity index (χ3n) is 1.77. The van der Waals surface area contributed by atoms with Crippen LogP contribution in [0.1, 0.15) is 12.5 Å². The molecule has 0 saturated heterocycles. The highest BCUT2D eigenvalue weighted by Crippen LogP contribution is 1.95. The van der Waals surface area contributed by atoms with E-state index < -0.39 is 18.4 Å². The summed E-state index contributed by atoms with van der Waals surface area (Å²) in [6, 6.07) is 9.52. The predicted octanol–water partition coefficient (Wildman–Crippen LogP) is 1.94. The second kappa shape index (κ2) is 9.72. The van der Waals surface area contributed by atoms with Crippen molar-refractivity contribution in [2.24, 2.45) is 0 Å². The number of aliphatic hydroxyl groups is 1. The third kappa shape index (κ3) is 10.6. The van der Waals surface area contributed by atoms with Gasteiger partial charge in [-0.25, -0.2) is 9.59 Å². The van der Waals surface area contributed by atoms with Crippen molar-refractivity contribution in [1.29, 1.82) is 0 Å². The van der Waals surface area contributed by atoms with E-state index in [1.165, 1.54) is 6.92 Å². The molecule has 0 amide bonds. The standard InChI is InChI=1S/C7H8O.C5H8O6/c8-6-7-4-2-1-3-5-7;1-3(11-5(8)9)2-10-4(6)7/h1-5,8H,6H2;3H,2H2,1H3,(H,6,7)(H,8,9). The number of carboxylic acid groups (broad SMARTS) is 2. The van der Waals surface area contributed by atoms with E-state index >= 15 is 0 Å². The first-order valence-electron chi connectivity index (χ1n) is 5.35. The Hall–Kier alpha value is -2.28. The van der Waals surface area contributed by atoms with Gasteiger partial charge in [-0.1, -0.05) is 30.3 Å². The molecule has 1 aromatic carbocycles. The first-order chi connectivity index (χ1) is 8.95. The molecule has 106 valence electrons. The average molecular weight is 272 g/mol. The summed E-state index contributed by atoms with van der Waals surface area (Å²) >= 11 is 0. The molecule has 0 aromatic heterocycles. The Kier molecular flexibility index (Phi) is 8.55. The number of aliphatic hydroxyl groups excluding tert-OH is 1. The normalized spacial score (nSPS) is 10.6. The molecule has 0 bridgehead atoms. The summed E-state index contributed by atoms with van der Waals surface area (Å²) in [5.74, 6) is 0. The summed E-state index contributed by atoms with van der Waals surface area (Å²) in [6.07, 6.45) is -3.68. The van der Waals surface area contributed by atoms with E-state index in [0.29, 0.717) is 0 Å². The van der Waals surface area contributed by atoms with Crippen LogP contribution in [0.5, 0.6) is 0 Å². The Morgan fingerprint density at radius 3 is 2.11 bits per heavy atom. The van der Waals surface area contributed by atoms with E-state index in [2.05, 4.69) is 9.47 Å². The lowest BCUT2D eigenvalue weighted by Crippen LogP contribution is -2.20. The highest BCUT2D eigenvalue weighted by atomic mass is 16.7. The SMILES string of the molecule is CC(COC(=O)O)OC(=O)O.OCc1ccccc1. The van der Waals surface area contributed by atoms with Crippen LogP contribution in [0.4, 0.5) is 9.59 Å². The van der Waals surface area contributed by atoms with Crippen LogP contribution in [0.15, 0.2) is 30.3 Å². The van der Waals surface area contributed by atoms with Gasteiger partial charge in [0.2, 0.25) is 0 Å². The fourth-order valence-electron chi connectivity index (χ4n) is 0.978. The van der Waals surface area contributed by atoms with E-state index in [-0.39, 0.29) is 13.2 Å². The summed E-state index contributed by atoms with van der Waals surface area (Å²) < 4.78 is 8.16. The zero-order valence-electron chi connectivity index (χ0n) is 10.4. The van der Waals surface area contributed by atoms with E-state index in [9.17, 15) is 9.59 Å². The van der Waals surface area contributed by atoms with E-state index in [4.69, 9.17) is 15.3 Å². The number of benzene rings is 1. The Morgan fingerprint density at radius 1 is 1.16 bits per heavy atom. The fourth-order valence-corrected chi connectivity index (χ4v) is 0.978. The summed E-state index contributed by atoms with van der Waals surface area (Å²) in [5.41, 5.74) is 0.965. The fraction of sp³-hybridized carbons (Fsp3) is 0.333. The molecule has 0 aliphatic rings. The molecule has 0 spiro atoms. The van der Waals surface area contributed by atoms with Gasteiger partial charge in [0.25, 0.3) is 0 Å².